The third kappa shape index (κ3) is 3.06. The van der Waals surface area contributed by atoms with Crippen molar-refractivity contribution in [2.75, 3.05) is 4.90 Å². The number of nitrogens with zero attached hydrogens (tertiary/aromatic N) is 3. The molecule has 1 amide bonds. The van der Waals surface area contributed by atoms with Crippen molar-refractivity contribution in [1.82, 2.24) is 9.97 Å². The normalized spacial score (nSPS) is 13.7. The molecule has 0 aromatic carbocycles. The van der Waals surface area contributed by atoms with Gasteiger partial charge in [0.05, 0.1) is 12.8 Å². The Morgan fingerprint density at radius 2 is 2.04 bits per heavy atom. The van der Waals surface area contributed by atoms with E-state index in [4.69, 9.17) is 4.42 Å². The maximum Gasteiger partial charge on any atom is 0.259 e. The highest BCUT2D eigenvalue weighted by Crippen LogP contribution is 2.39. The zero-order chi connectivity index (χ0) is 16.4. The van der Waals surface area contributed by atoms with Gasteiger partial charge in [0, 0.05) is 29.6 Å². The van der Waals surface area contributed by atoms with Crippen LogP contribution in [0.15, 0.2) is 65.5 Å². The average Bonchev–Trinajstić information content (AvgIpc) is 3.37. The van der Waals surface area contributed by atoms with Crippen LogP contribution in [0.3, 0.4) is 0 Å². The Labute approximate surface area is 140 Å². The molecule has 0 spiro atoms. The zero-order valence-corrected chi connectivity index (χ0v) is 13.1. The van der Waals surface area contributed by atoms with Crippen LogP contribution in [0.2, 0.25) is 0 Å². The number of hydrogen-bond acceptors (Lipinski definition) is 4. The predicted octanol–water partition coefficient (Wildman–Crippen LogP) is 3.79. The van der Waals surface area contributed by atoms with Crippen LogP contribution in [0.5, 0.6) is 0 Å². The van der Waals surface area contributed by atoms with Crippen molar-refractivity contribution in [1.29, 1.82) is 0 Å². The number of carbonyl (C=O) groups excluding carboxylic acids is 1. The van der Waals surface area contributed by atoms with Crippen LogP contribution in [0, 0.1) is 0 Å². The fraction of sp³-hybridized carbons (Fsp3) is 0.211. The topological polar surface area (TPSA) is 59.2 Å². The van der Waals surface area contributed by atoms with Gasteiger partial charge >= 0.3 is 0 Å². The van der Waals surface area contributed by atoms with Crippen molar-refractivity contribution in [3.63, 3.8) is 0 Å². The first-order valence-corrected chi connectivity index (χ1v) is 8.02. The summed E-state index contributed by atoms with van der Waals surface area (Å²) in [5.74, 6) is 1.72. The first-order chi connectivity index (χ1) is 11.8. The van der Waals surface area contributed by atoms with Gasteiger partial charge in [-0.3, -0.25) is 14.7 Å². The molecule has 4 rings (SSSR count). The van der Waals surface area contributed by atoms with E-state index in [0.29, 0.717) is 29.6 Å². The van der Waals surface area contributed by atoms with Crippen LogP contribution < -0.4 is 4.90 Å². The molecule has 120 valence electrons. The first-order valence-electron chi connectivity index (χ1n) is 8.02. The molecule has 24 heavy (non-hydrogen) atoms. The van der Waals surface area contributed by atoms with E-state index >= 15 is 0 Å². The fourth-order valence-electron chi connectivity index (χ4n) is 2.67. The van der Waals surface area contributed by atoms with Crippen molar-refractivity contribution in [3.8, 4) is 0 Å². The average molecular weight is 319 g/mol. The lowest BCUT2D eigenvalue weighted by molar-refractivity contribution is 0.0982. The molecule has 0 N–H and O–H groups in total. The first kappa shape index (κ1) is 14.6. The van der Waals surface area contributed by atoms with E-state index in [9.17, 15) is 4.79 Å². The number of aromatic nitrogens is 2. The number of furan rings is 1. The van der Waals surface area contributed by atoms with Crippen molar-refractivity contribution < 1.29 is 9.21 Å². The lowest BCUT2D eigenvalue weighted by atomic mass is 10.1. The Kier molecular flexibility index (Phi) is 3.83. The standard InChI is InChI=1S/C19H17N3O2/c23-19(15-8-10-20-17(12-15)14-6-7-14)22(13-16-4-3-11-24-16)18-5-1-2-9-21-18/h1-5,8-12,14H,6-7,13H2. The number of anilines is 1. The van der Waals surface area contributed by atoms with Gasteiger partial charge in [0.25, 0.3) is 5.91 Å². The maximum atomic E-state index is 13.1. The second kappa shape index (κ2) is 6.28. The molecule has 0 aliphatic heterocycles. The summed E-state index contributed by atoms with van der Waals surface area (Å²) in [7, 11) is 0. The summed E-state index contributed by atoms with van der Waals surface area (Å²) >= 11 is 0. The lowest BCUT2D eigenvalue weighted by Crippen LogP contribution is -2.31. The number of rotatable bonds is 5. The van der Waals surface area contributed by atoms with Gasteiger partial charge in [-0.05, 0) is 49.2 Å². The van der Waals surface area contributed by atoms with E-state index in [2.05, 4.69) is 9.97 Å². The molecule has 5 heteroatoms. The third-order valence-electron chi connectivity index (χ3n) is 4.09. The second-order valence-electron chi connectivity index (χ2n) is 5.90. The van der Waals surface area contributed by atoms with Gasteiger partial charge in [-0.25, -0.2) is 4.98 Å². The van der Waals surface area contributed by atoms with Gasteiger partial charge < -0.3 is 4.42 Å². The number of carbonyl (C=O) groups is 1. The van der Waals surface area contributed by atoms with Crippen molar-refractivity contribution in [2.24, 2.45) is 0 Å². The summed E-state index contributed by atoms with van der Waals surface area (Å²) in [4.78, 5) is 23.4. The minimum Gasteiger partial charge on any atom is -0.467 e. The molecule has 5 nitrogen and oxygen atoms in total. The Balaban J connectivity index is 1.67. The second-order valence-corrected chi connectivity index (χ2v) is 5.90. The van der Waals surface area contributed by atoms with Gasteiger partial charge in [0.2, 0.25) is 0 Å². The van der Waals surface area contributed by atoms with E-state index in [1.807, 2.05) is 36.4 Å². The molecule has 1 aliphatic carbocycles. The van der Waals surface area contributed by atoms with Crippen LogP contribution in [-0.2, 0) is 6.54 Å². The summed E-state index contributed by atoms with van der Waals surface area (Å²) in [6.07, 6.45) is 7.31. The third-order valence-corrected chi connectivity index (χ3v) is 4.09. The van der Waals surface area contributed by atoms with Gasteiger partial charge in [-0.1, -0.05) is 6.07 Å². The van der Waals surface area contributed by atoms with Crippen LogP contribution in [-0.4, -0.2) is 15.9 Å². The molecule has 0 bridgehead atoms. The number of amides is 1. The molecule has 0 atom stereocenters. The van der Waals surface area contributed by atoms with Crippen LogP contribution in [0.1, 0.15) is 40.6 Å². The molecule has 3 heterocycles. The molecule has 3 aromatic rings. The van der Waals surface area contributed by atoms with Gasteiger partial charge in [0.1, 0.15) is 11.6 Å². The predicted molar refractivity (Wildman–Crippen MR) is 89.7 cm³/mol. The molecule has 0 unspecified atom stereocenters. The molecule has 1 fully saturated rings. The maximum absolute atomic E-state index is 13.1. The van der Waals surface area contributed by atoms with E-state index < -0.39 is 0 Å². The highest BCUT2D eigenvalue weighted by atomic mass is 16.3. The smallest absolute Gasteiger partial charge is 0.259 e. The molecule has 0 saturated heterocycles. The highest BCUT2D eigenvalue weighted by Gasteiger charge is 2.27. The minimum atomic E-state index is -0.102. The van der Waals surface area contributed by atoms with Crippen LogP contribution >= 0.6 is 0 Å². The van der Waals surface area contributed by atoms with Crippen LogP contribution in [0.4, 0.5) is 5.82 Å². The van der Waals surface area contributed by atoms with E-state index in [1.54, 1.807) is 29.6 Å². The van der Waals surface area contributed by atoms with E-state index in [-0.39, 0.29) is 5.91 Å². The quantitative estimate of drug-likeness (QED) is 0.718. The SMILES string of the molecule is O=C(c1ccnc(C2CC2)c1)N(Cc1ccco1)c1ccccn1. The van der Waals surface area contributed by atoms with Gasteiger partial charge in [-0.2, -0.15) is 0 Å². The van der Waals surface area contributed by atoms with Crippen LogP contribution in [0.25, 0.3) is 0 Å². The fourth-order valence-corrected chi connectivity index (χ4v) is 2.67. The number of hydrogen-bond donors (Lipinski definition) is 0. The molecule has 3 aromatic heterocycles. The molecule has 0 radical (unpaired) electrons. The summed E-state index contributed by atoms with van der Waals surface area (Å²) in [6, 6.07) is 12.8. The monoisotopic (exact) mass is 319 g/mol. The largest absolute Gasteiger partial charge is 0.467 e. The number of pyridine rings is 2. The van der Waals surface area contributed by atoms with Crippen molar-refractivity contribution in [2.45, 2.75) is 25.3 Å². The van der Waals surface area contributed by atoms with Gasteiger partial charge in [0.15, 0.2) is 0 Å². The Bertz CT molecular complexity index is 827. The summed E-state index contributed by atoms with van der Waals surface area (Å²) in [5, 5.41) is 0. The zero-order valence-electron chi connectivity index (χ0n) is 13.1. The Hall–Kier alpha value is -2.95. The molecular formula is C19H17N3O2. The minimum absolute atomic E-state index is 0.102. The van der Waals surface area contributed by atoms with E-state index in [0.717, 1.165) is 18.5 Å². The summed E-state index contributed by atoms with van der Waals surface area (Å²) in [5.41, 5.74) is 1.63. The van der Waals surface area contributed by atoms with E-state index in [1.165, 1.54) is 0 Å². The Morgan fingerprint density at radius 3 is 2.75 bits per heavy atom. The van der Waals surface area contributed by atoms with Gasteiger partial charge in [-0.15, -0.1) is 0 Å². The molecule has 1 aliphatic rings. The van der Waals surface area contributed by atoms with Crippen molar-refractivity contribution in [3.05, 3.63) is 78.1 Å². The molecule has 1 saturated carbocycles. The lowest BCUT2D eigenvalue weighted by Gasteiger charge is -2.21. The summed E-state index contributed by atoms with van der Waals surface area (Å²) < 4.78 is 5.41. The van der Waals surface area contributed by atoms with Crippen molar-refractivity contribution >= 4 is 11.7 Å². The summed E-state index contributed by atoms with van der Waals surface area (Å²) in [6.45, 7) is 0.337. The highest BCUT2D eigenvalue weighted by molar-refractivity contribution is 6.05. The Morgan fingerprint density at radius 1 is 1.12 bits per heavy atom. The molecular weight excluding hydrogens is 302 g/mol.